The summed E-state index contributed by atoms with van der Waals surface area (Å²) in [4.78, 5) is 0. The minimum atomic E-state index is -0.767. The Hall–Kier alpha value is 0.01000. The predicted octanol–water partition coefficient (Wildman–Crippen LogP) is 3.82. The van der Waals surface area contributed by atoms with Gasteiger partial charge in [0.1, 0.15) is 0 Å². The molecule has 0 radical (unpaired) electrons. The monoisotopic (exact) mass is 297 g/mol. The van der Waals surface area contributed by atoms with Gasteiger partial charge in [0.25, 0.3) is 0 Å². The van der Waals surface area contributed by atoms with E-state index in [0.717, 1.165) is 0 Å². The molecule has 3 N–H and O–H groups in total. The van der Waals surface area contributed by atoms with Gasteiger partial charge in [0, 0.05) is 16.1 Å². The van der Waals surface area contributed by atoms with Crippen LogP contribution in [0.25, 0.3) is 0 Å². The fraction of sp³-hybridized carbons (Fsp3) is 0.500. The zero-order valence-corrected chi connectivity index (χ0v) is 12.4. The maximum absolute atomic E-state index is 10.1. The fourth-order valence-corrected chi connectivity index (χ4v) is 1.97. The summed E-state index contributed by atoms with van der Waals surface area (Å²) in [5.41, 5.74) is 6.46. The Kier molecular flexibility index (Phi) is 6.26. The Labute approximate surface area is 119 Å². The molecular weight excluding hydrogens is 280 g/mol. The lowest BCUT2D eigenvalue weighted by Gasteiger charge is -2.31. The van der Waals surface area contributed by atoms with Crippen molar-refractivity contribution in [3.05, 3.63) is 33.8 Å². The third-order valence-electron chi connectivity index (χ3n) is 2.57. The van der Waals surface area contributed by atoms with E-state index in [-0.39, 0.29) is 23.9 Å². The summed E-state index contributed by atoms with van der Waals surface area (Å²) in [6, 6.07) is 4.62. The Morgan fingerprint density at radius 1 is 1.12 bits per heavy atom. The molecule has 0 saturated carbocycles. The van der Waals surface area contributed by atoms with Gasteiger partial charge < -0.3 is 10.8 Å². The van der Waals surface area contributed by atoms with Crippen LogP contribution in [0.1, 0.15) is 32.4 Å². The number of benzene rings is 1. The average Bonchev–Trinajstić information content (AvgIpc) is 2.12. The molecule has 2 nitrogen and oxygen atoms in total. The quantitative estimate of drug-likeness (QED) is 0.872. The third-order valence-corrected chi connectivity index (χ3v) is 3.00. The molecule has 2 unspecified atom stereocenters. The minimum Gasteiger partial charge on any atom is -0.387 e. The van der Waals surface area contributed by atoms with Crippen molar-refractivity contribution < 1.29 is 5.11 Å². The minimum absolute atomic E-state index is 0. The number of rotatable bonds is 2. The van der Waals surface area contributed by atoms with Crippen LogP contribution in [0.15, 0.2) is 18.2 Å². The summed E-state index contributed by atoms with van der Waals surface area (Å²) >= 11 is 11.8. The summed E-state index contributed by atoms with van der Waals surface area (Å²) in [7, 11) is 0. The lowest BCUT2D eigenvalue weighted by atomic mass is 9.82. The molecule has 1 aromatic rings. The highest BCUT2D eigenvalue weighted by Crippen LogP contribution is 2.31. The van der Waals surface area contributed by atoms with Crippen molar-refractivity contribution in [2.24, 2.45) is 11.1 Å². The number of nitrogens with two attached hydrogens (primary N) is 1. The highest BCUT2D eigenvalue weighted by atomic mass is 35.5. The van der Waals surface area contributed by atoms with E-state index in [9.17, 15) is 5.11 Å². The van der Waals surface area contributed by atoms with Crippen molar-refractivity contribution in [3.8, 4) is 0 Å². The molecule has 0 aliphatic rings. The van der Waals surface area contributed by atoms with Crippen molar-refractivity contribution in [3.63, 3.8) is 0 Å². The van der Waals surface area contributed by atoms with Gasteiger partial charge in [-0.05, 0) is 29.2 Å². The first-order chi connectivity index (χ1) is 7.21. The molecule has 98 valence electrons. The molecule has 0 saturated heterocycles. The summed E-state index contributed by atoms with van der Waals surface area (Å²) in [6.45, 7) is 5.94. The van der Waals surface area contributed by atoms with E-state index in [1.165, 1.54) is 0 Å². The van der Waals surface area contributed by atoms with Crippen LogP contribution in [-0.4, -0.2) is 11.1 Å². The summed E-state index contributed by atoms with van der Waals surface area (Å²) in [5.74, 6) is 0. The molecule has 0 fully saturated rings. The van der Waals surface area contributed by atoms with Gasteiger partial charge >= 0.3 is 0 Å². The molecule has 0 aliphatic carbocycles. The third kappa shape index (κ3) is 4.65. The van der Waals surface area contributed by atoms with Gasteiger partial charge in [0.15, 0.2) is 0 Å². The van der Waals surface area contributed by atoms with Crippen molar-refractivity contribution in [2.75, 3.05) is 0 Å². The first kappa shape index (κ1) is 17.0. The van der Waals surface area contributed by atoms with Crippen LogP contribution in [0.4, 0.5) is 0 Å². The van der Waals surface area contributed by atoms with Crippen LogP contribution in [0.3, 0.4) is 0 Å². The van der Waals surface area contributed by atoms with E-state index >= 15 is 0 Å². The first-order valence-electron chi connectivity index (χ1n) is 5.11. The SMILES string of the molecule is CC(C)(C)C(N)C(O)c1cc(Cl)cc(Cl)c1.Cl. The van der Waals surface area contributed by atoms with Crippen LogP contribution in [0.2, 0.25) is 10.0 Å². The molecule has 0 aliphatic heterocycles. The Morgan fingerprint density at radius 2 is 1.53 bits per heavy atom. The molecule has 0 spiro atoms. The topological polar surface area (TPSA) is 46.2 Å². The predicted molar refractivity (Wildman–Crippen MR) is 76.1 cm³/mol. The van der Waals surface area contributed by atoms with Gasteiger partial charge in [-0.1, -0.05) is 44.0 Å². The highest BCUT2D eigenvalue weighted by Gasteiger charge is 2.28. The normalized spacial score (nSPS) is 15.0. The molecule has 1 rings (SSSR count). The van der Waals surface area contributed by atoms with Gasteiger partial charge in [-0.25, -0.2) is 0 Å². The smallest absolute Gasteiger partial charge is 0.0947 e. The molecule has 17 heavy (non-hydrogen) atoms. The van der Waals surface area contributed by atoms with Crippen molar-refractivity contribution in [1.29, 1.82) is 0 Å². The second-order valence-corrected chi connectivity index (χ2v) is 5.91. The Bertz CT molecular complexity index is 356. The van der Waals surface area contributed by atoms with E-state index in [1.54, 1.807) is 18.2 Å². The molecule has 0 amide bonds. The van der Waals surface area contributed by atoms with Gasteiger partial charge in [0.2, 0.25) is 0 Å². The van der Waals surface area contributed by atoms with E-state index < -0.39 is 6.10 Å². The molecule has 5 heteroatoms. The van der Waals surface area contributed by atoms with Crippen LogP contribution in [0.5, 0.6) is 0 Å². The Morgan fingerprint density at radius 3 is 1.88 bits per heavy atom. The fourth-order valence-electron chi connectivity index (χ4n) is 1.43. The summed E-state index contributed by atoms with van der Waals surface area (Å²) in [5, 5.41) is 11.1. The van der Waals surface area contributed by atoms with Gasteiger partial charge in [-0.3, -0.25) is 0 Å². The van der Waals surface area contributed by atoms with Crippen molar-refractivity contribution >= 4 is 35.6 Å². The molecule has 0 bridgehead atoms. The van der Waals surface area contributed by atoms with Crippen LogP contribution in [0, 0.1) is 5.41 Å². The number of halogens is 3. The highest BCUT2D eigenvalue weighted by molar-refractivity contribution is 6.34. The van der Waals surface area contributed by atoms with Crippen LogP contribution in [-0.2, 0) is 0 Å². The maximum Gasteiger partial charge on any atom is 0.0947 e. The zero-order valence-electron chi connectivity index (χ0n) is 10.1. The molecule has 1 aromatic carbocycles. The standard InChI is InChI=1S/C12H17Cl2NO.ClH/c1-12(2,3)11(15)10(16)7-4-8(13)6-9(14)5-7;/h4-6,10-11,16H,15H2,1-3H3;1H. The number of hydrogen-bond acceptors (Lipinski definition) is 2. The van der Waals surface area contributed by atoms with Gasteiger partial charge in [0.05, 0.1) is 6.10 Å². The number of aliphatic hydroxyl groups excluding tert-OH is 1. The zero-order chi connectivity index (χ0) is 12.5. The summed E-state index contributed by atoms with van der Waals surface area (Å²) < 4.78 is 0. The Balaban J connectivity index is 0.00000256. The van der Waals surface area contributed by atoms with Crippen molar-refractivity contribution in [2.45, 2.75) is 32.9 Å². The van der Waals surface area contributed by atoms with Crippen LogP contribution >= 0.6 is 35.6 Å². The van der Waals surface area contributed by atoms with E-state index in [1.807, 2.05) is 20.8 Å². The van der Waals surface area contributed by atoms with Gasteiger partial charge in [-0.15, -0.1) is 12.4 Å². The largest absolute Gasteiger partial charge is 0.387 e. The van der Waals surface area contributed by atoms with E-state index in [0.29, 0.717) is 15.6 Å². The average molecular weight is 299 g/mol. The van der Waals surface area contributed by atoms with Crippen molar-refractivity contribution in [1.82, 2.24) is 0 Å². The number of aliphatic hydroxyl groups is 1. The molecule has 2 atom stereocenters. The van der Waals surface area contributed by atoms with E-state index in [2.05, 4.69) is 0 Å². The second-order valence-electron chi connectivity index (χ2n) is 5.04. The molecule has 0 aromatic heterocycles. The first-order valence-corrected chi connectivity index (χ1v) is 5.87. The second kappa shape index (κ2) is 6.26. The number of hydrogen-bond donors (Lipinski definition) is 2. The lowest BCUT2D eigenvalue weighted by molar-refractivity contribution is 0.0926. The maximum atomic E-state index is 10.1. The lowest BCUT2D eigenvalue weighted by Crippen LogP contribution is -2.40. The summed E-state index contributed by atoms with van der Waals surface area (Å²) in [6.07, 6.45) is -0.767. The van der Waals surface area contributed by atoms with E-state index in [4.69, 9.17) is 28.9 Å². The molecular formula is C12H18Cl3NO. The van der Waals surface area contributed by atoms with Crippen LogP contribution < -0.4 is 5.73 Å². The van der Waals surface area contributed by atoms with Gasteiger partial charge in [-0.2, -0.15) is 0 Å². The molecule has 0 heterocycles.